The van der Waals surface area contributed by atoms with Gasteiger partial charge in [-0.3, -0.25) is 0 Å². The fourth-order valence-corrected chi connectivity index (χ4v) is 3.25. The van der Waals surface area contributed by atoms with Crippen LogP contribution in [0, 0.1) is 0 Å². The van der Waals surface area contributed by atoms with Gasteiger partial charge in [0.1, 0.15) is 6.10 Å². The van der Waals surface area contributed by atoms with Crippen molar-refractivity contribution in [2.45, 2.75) is 19.1 Å². The molecular formula is C14H13ClO2S. The van der Waals surface area contributed by atoms with Crippen molar-refractivity contribution >= 4 is 22.9 Å². The van der Waals surface area contributed by atoms with Crippen molar-refractivity contribution in [3.8, 4) is 0 Å². The van der Waals surface area contributed by atoms with Gasteiger partial charge in [0.2, 0.25) is 0 Å². The first kappa shape index (κ1) is 12.2. The molecule has 2 heterocycles. The molecule has 0 amide bonds. The lowest BCUT2D eigenvalue weighted by Gasteiger charge is -2.25. The zero-order valence-electron chi connectivity index (χ0n) is 9.73. The molecule has 1 N–H and O–H groups in total. The van der Waals surface area contributed by atoms with Crippen molar-refractivity contribution in [1.29, 1.82) is 0 Å². The van der Waals surface area contributed by atoms with E-state index in [4.69, 9.17) is 21.4 Å². The zero-order valence-corrected chi connectivity index (χ0v) is 11.3. The number of benzene rings is 1. The number of aliphatic hydroxyl groups excluding tert-OH is 1. The maximum atomic E-state index is 9.14. The van der Waals surface area contributed by atoms with Gasteiger partial charge in [0.15, 0.2) is 0 Å². The van der Waals surface area contributed by atoms with Gasteiger partial charge < -0.3 is 9.84 Å². The smallest absolute Gasteiger partial charge is 0.109 e. The Hall–Kier alpha value is -0.870. The van der Waals surface area contributed by atoms with E-state index < -0.39 is 0 Å². The highest BCUT2D eigenvalue weighted by molar-refractivity contribution is 7.10. The van der Waals surface area contributed by atoms with Crippen LogP contribution in [0.3, 0.4) is 0 Å². The molecule has 0 radical (unpaired) electrons. The molecule has 1 aromatic heterocycles. The number of thiophene rings is 1. The Bertz CT molecular complexity index is 565. The zero-order chi connectivity index (χ0) is 12.5. The predicted molar refractivity (Wildman–Crippen MR) is 73.2 cm³/mol. The number of halogens is 1. The van der Waals surface area contributed by atoms with Crippen LogP contribution in [0.15, 0.2) is 29.6 Å². The van der Waals surface area contributed by atoms with Crippen LogP contribution in [0.2, 0.25) is 5.02 Å². The van der Waals surface area contributed by atoms with Gasteiger partial charge in [-0.15, -0.1) is 11.3 Å². The van der Waals surface area contributed by atoms with Crippen LogP contribution in [-0.4, -0.2) is 11.7 Å². The molecule has 0 saturated heterocycles. The van der Waals surface area contributed by atoms with Crippen LogP contribution in [0.25, 0.3) is 0 Å². The number of aliphatic hydroxyl groups is 1. The highest BCUT2D eigenvalue weighted by Gasteiger charge is 2.23. The molecule has 0 aliphatic carbocycles. The Labute approximate surface area is 115 Å². The Balaban J connectivity index is 2.02. The van der Waals surface area contributed by atoms with Gasteiger partial charge in [0.05, 0.1) is 13.2 Å². The first-order valence-corrected chi connectivity index (χ1v) is 7.12. The standard InChI is InChI=1S/C14H13ClO2S/c15-11-2-1-9-3-4-17-14(13(9)6-11)10-5-12(7-16)18-8-10/h1-2,5-6,8,14,16H,3-4,7H2. The Morgan fingerprint density at radius 2 is 2.28 bits per heavy atom. The molecule has 3 rings (SSSR count). The lowest BCUT2D eigenvalue weighted by Crippen LogP contribution is -2.16. The molecule has 18 heavy (non-hydrogen) atoms. The van der Waals surface area contributed by atoms with Crippen LogP contribution in [0.5, 0.6) is 0 Å². The van der Waals surface area contributed by atoms with Crippen LogP contribution in [0.1, 0.15) is 27.7 Å². The summed E-state index contributed by atoms with van der Waals surface area (Å²) in [6.07, 6.45) is 0.879. The summed E-state index contributed by atoms with van der Waals surface area (Å²) >= 11 is 7.63. The van der Waals surface area contributed by atoms with E-state index in [1.165, 1.54) is 5.56 Å². The average Bonchev–Trinajstić information content (AvgIpc) is 2.86. The molecule has 94 valence electrons. The molecule has 0 bridgehead atoms. The van der Waals surface area contributed by atoms with Gasteiger partial charge in [0, 0.05) is 9.90 Å². The summed E-state index contributed by atoms with van der Waals surface area (Å²) in [5, 5.41) is 11.9. The van der Waals surface area contributed by atoms with Gasteiger partial charge >= 0.3 is 0 Å². The number of hydrogen-bond donors (Lipinski definition) is 1. The molecule has 1 aliphatic rings. The third-order valence-corrected chi connectivity index (χ3v) is 4.35. The van der Waals surface area contributed by atoms with Crippen molar-refractivity contribution in [2.24, 2.45) is 0 Å². The molecule has 1 unspecified atom stereocenters. The van der Waals surface area contributed by atoms with Gasteiger partial charge in [-0.05, 0) is 46.7 Å². The molecular weight excluding hydrogens is 268 g/mol. The summed E-state index contributed by atoms with van der Waals surface area (Å²) in [5.74, 6) is 0. The molecule has 4 heteroatoms. The monoisotopic (exact) mass is 280 g/mol. The van der Waals surface area contributed by atoms with Gasteiger partial charge in [-0.25, -0.2) is 0 Å². The predicted octanol–water partition coefficient (Wildman–Crippen LogP) is 3.56. The van der Waals surface area contributed by atoms with Gasteiger partial charge in [-0.2, -0.15) is 0 Å². The average molecular weight is 281 g/mol. The fourth-order valence-electron chi connectivity index (χ4n) is 2.31. The van der Waals surface area contributed by atoms with Crippen molar-refractivity contribution < 1.29 is 9.84 Å². The van der Waals surface area contributed by atoms with Crippen molar-refractivity contribution in [3.63, 3.8) is 0 Å². The lowest BCUT2D eigenvalue weighted by molar-refractivity contribution is 0.0701. The third kappa shape index (κ3) is 2.19. The first-order chi connectivity index (χ1) is 8.78. The summed E-state index contributed by atoms with van der Waals surface area (Å²) in [6.45, 7) is 0.809. The maximum absolute atomic E-state index is 9.14. The quantitative estimate of drug-likeness (QED) is 0.911. The topological polar surface area (TPSA) is 29.5 Å². The van der Waals surface area contributed by atoms with E-state index in [0.29, 0.717) is 0 Å². The third-order valence-electron chi connectivity index (χ3n) is 3.18. The number of hydrogen-bond acceptors (Lipinski definition) is 3. The minimum atomic E-state index is -0.0519. The Kier molecular flexibility index (Phi) is 3.39. The van der Waals surface area contributed by atoms with Crippen LogP contribution in [-0.2, 0) is 17.8 Å². The van der Waals surface area contributed by atoms with E-state index in [9.17, 15) is 0 Å². The SMILES string of the molecule is OCc1cc(C2OCCc3ccc(Cl)cc32)cs1. The van der Waals surface area contributed by atoms with Crippen molar-refractivity contribution in [1.82, 2.24) is 0 Å². The highest BCUT2D eigenvalue weighted by Crippen LogP contribution is 2.36. The number of ether oxygens (including phenoxy) is 1. The van der Waals surface area contributed by atoms with Crippen molar-refractivity contribution in [3.05, 3.63) is 56.2 Å². The van der Waals surface area contributed by atoms with E-state index in [-0.39, 0.29) is 12.7 Å². The largest absolute Gasteiger partial charge is 0.391 e. The molecule has 1 aromatic carbocycles. The summed E-state index contributed by atoms with van der Waals surface area (Å²) in [7, 11) is 0. The minimum Gasteiger partial charge on any atom is -0.391 e. The second kappa shape index (κ2) is 5.02. The molecule has 0 saturated carbocycles. The molecule has 1 atom stereocenters. The molecule has 0 spiro atoms. The van der Waals surface area contributed by atoms with E-state index in [1.54, 1.807) is 11.3 Å². The van der Waals surface area contributed by atoms with Crippen LogP contribution in [0.4, 0.5) is 0 Å². The van der Waals surface area contributed by atoms with E-state index in [2.05, 4.69) is 6.07 Å². The first-order valence-electron chi connectivity index (χ1n) is 5.86. The number of fused-ring (bicyclic) bond motifs is 1. The van der Waals surface area contributed by atoms with Gasteiger partial charge in [0.25, 0.3) is 0 Å². The van der Waals surface area contributed by atoms with Crippen LogP contribution >= 0.6 is 22.9 Å². The minimum absolute atomic E-state index is 0.0519. The summed E-state index contributed by atoms with van der Waals surface area (Å²) in [5.41, 5.74) is 3.55. The molecule has 0 fully saturated rings. The number of rotatable bonds is 2. The normalized spacial score (nSPS) is 18.7. The molecule has 2 nitrogen and oxygen atoms in total. The lowest BCUT2D eigenvalue weighted by atomic mass is 9.94. The Morgan fingerprint density at radius 1 is 1.39 bits per heavy atom. The molecule has 2 aromatic rings. The second-order valence-corrected chi connectivity index (χ2v) is 5.78. The van der Waals surface area contributed by atoms with Crippen molar-refractivity contribution in [2.75, 3.05) is 6.61 Å². The van der Waals surface area contributed by atoms with E-state index in [0.717, 1.165) is 34.1 Å². The summed E-state index contributed by atoms with van der Waals surface area (Å²) in [4.78, 5) is 0.961. The summed E-state index contributed by atoms with van der Waals surface area (Å²) < 4.78 is 5.87. The molecule has 1 aliphatic heterocycles. The van der Waals surface area contributed by atoms with E-state index >= 15 is 0 Å². The van der Waals surface area contributed by atoms with Crippen LogP contribution < -0.4 is 0 Å². The second-order valence-electron chi connectivity index (χ2n) is 4.35. The fraction of sp³-hybridized carbons (Fsp3) is 0.286. The highest BCUT2D eigenvalue weighted by atomic mass is 35.5. The maximum Gasteiger partial charge on any atom is 0.109 e. The summed E-state index contributed by atoms with van der Waals surface area (Å²) in [6, 6.07) is 7.99. The Morgan fingerprint density at radius 3 is 3.06 bits per heavy atom. The van der Waals surface area contributed by atoms with E-state index in [1.807, 2.05) is 23.6 Å². The van der Waals surface area contributed by atoms with Gasteiger partial charge in [-0.1, -0.05) is 17.7 Å².